The predicted octanol–water partition coefficient (Wildman–Crippen LogP) is 3.54. The third-order valence-corrected chi connectivity index (χ3v) is 4.40. The first kappa shape index (κ1) is 14.9. The van der Waals surface area contributed by atoms with Crippen molar-refractivity contribution in [1.29, 1.82) is 0 Å². The van der Waals surface area contributed by atoms with E-state index in [0.29, 0.717) is 10.8 Å². The number of thiocarbonyl (C=S) groups is 1. The van der Waals surface area contributed by atoms with Crippen molar-refractivity contribution < 1.29 is 0 Å². The zero-order valence-corrected chi connectivity index (χ0v) is 13.9. The Hall–Kier alpha value is -1.53. The Labute approximate surface area is 131 Å². The number of hydrogen-bond donors (Lipinski definition) is 2. The van der Waals surface area contributed by atoms with E-state index in [1.54, 1.807) is 0 Å². The van der Waals surface area contributed by atoms with Gasteiger partial charge in [-0.3, -0.25) is 0 Å². The average Bonchev–Trinajstić information content (AvgIpc) is 2.39. The summed E-state index contributed by atoms with van der Waals surface area (Å²) >= 11 is 8.69. The number of nitrogens with zero attached hydrogens (tertiary/aromatic N) is 2. The number of anilines is 2. The number of hydrogen-bond acceptors (Lipinski definition) is 4. The molecular weight excluding hydrogens is 336 g/mol. The van der Waals surface area contributed by atoms with E-state index in [-0.39, 0.29) is 0 Å². The maximum absolute atomic E-state index is 5.82. The molecule has 0 unspecified atom stereocenters. The molecule has 0 spiro atoms. The van der Waals surface area contributed by atoms with Crippen molar-refractivity contribution in [1.82, 2.24) is 10.2 Å². The number of aromatic nitrogens is 2. The molecule has 0 atom stereocenters. The highest BCUT2D eigenvalue weighted by molar-refractivity contribution is 9.10. The Morgan fingerprint density at radius 3 is 2.60 bits per heavy atom. The molecule has 1 heterocycles. The SMILES string of the molecule is Cc1cccc(Nc2nnc(C)c(C)c2C(N)=S)c1Br. The molecule has 2 aromatic rings. The van der Waals surface area contributed by atoms with Crippen LogP contribution < -0.4 is 11.1 Å². The summed E-state index contributed by atoms with van der Waals surface area (Å²) in [5, 5.41) is 11.5. The van der Waals surface area contributed by atoms with Gasteiger partial charge < -0.3 is 11.1 Å². The molecule has 0 saturated heterocycles. The second-order valence-corrected chi connectivity index (χ2v) is 5.79. The fourth-order valence-electron chi connectivity index (χ4n) is 1.87. The molecule has 0 saturated carbocycles. The molecule has 0 amide bonds. The van der Waals surface area contributed by atoms with Gasteiger partial charge in [0, 0.05) is 4.47 Å². The number of aryl methyl sites for hydroxylation is 2. The molecule has 4 nitrogen and oxygen atoms in total. The molecule has 1 aromatic heterocycles. The van der Waals surface area contributed by atoms with Gasteiger partial charge in [0.25, 0.3) is 0 Å². The average molecular weight is 351 g/mol. The van der Waals surface area contributed by atoms with Crippen LogP contribution in [-0.4, -0.2) is 15.2 Å². The van der Waals surface area contributed by atoms with Crippen LogP contribution in [0.15, 0.2) is 22.7 Å². The zero-order valence-electron chi connectivity index (χ0n) is 11.5. The van der Waals surface area contributed by atoms with E-state index in [9.17, 15) is 0 Å². The Bertz CT molecular complexity index is 685. The summed E-state index contributed by atoms with van der Waals surface area (Å²) in [6.45, 7) is 5.85. The van der Waals surface area contributed by atoms with E-state index in [2.05, 4.69) is 31.4 Å². The van der Waals surface area contributed by atoms with Gasteiger partial charge in [-0.05, 0) is 53.9 Å². The largest absolute Gasteiger partial charge is 0.389 e. The summed E-state index contributed by atoms with van der Waals surface area (Å²) in [4.78, 5) is 0.312. The van der Waals surface area contributed by atoms with Gasteiger partial charge in [-0.25, -0.2) is 0 Å². The van der Waals surface area contributed by atoms with Gasteiger partial charge in [-0.15, -0.1) is 5.10 Å². The third kappa shape index (κ3) is 2.81. The molecule has 1 aromatic carbocycles. The van der Waals surface area contributed by atoms with E-state index >= 15 is 0 Å². The van der Waals surface area contributed by atoms with Crippen molar-refractivity contribution >= 4 is 44.6 Å². The fraction of sp³-hybridized carbons (Fsp3) is 0.214. The van der Waals surface area contributed by atoms with Crippen LogP contribution in [0.2, 0.25) is 0 Å². The van der Waals surface area contributed by atoms with Crippen LogP contribution in [0.3, 0.4) is 0 Å². The molecular formula is C14H15BrN4S. The maximum Gasteiger partial charge on any atom is 0.163 e. The van der Waals surface area contributed by atoms with Crippen molar-refractivity contribution in [3.05, 3.63) is 45.1 Å². The van der Waals surface area contributed by atoms with E-state index in [1.807, 2.05) is 39.0 Å². The number of benzene rings is 1. The molecule has 2 rings (SSSR count). The molecule has 0 aliphatic carbocycles. The molecule has 0 bridgehead atoms. The lowest BCUT2D eigenvalue weighted by Gasteiger charge is -2.14. The number of rotatable bonds is 3. The maximum atomic E-state index is 5.82. The molecule has 0 aliphatic rings. The molecule has 3 N–H and O–H groups in total. The molecule has 20 heavy (non-hydrogen) atoms. The summed E-state index contributed by atoms with van der Waals surface area (Å²) in [5.74, 6) is 0.576. The first-order chi connectivity index (χ1) is 9.41. The minimum atomic E-state index is 0.312. The van der Waals surface area contributed by atoms with Crippen molar-refractivity contribution in [2.75, 3.05) is 5.32 Å². The van der Waals surface area contributed by atoms with E-state index in [4.69, 9.17) is 18.0 Å². The molecule has 6 heteroatoms. The summed E-state index contributed by atoms with van der Waals surface area (Å²) in [6, 6.07) is 5.95. The smallest absolute Gasteiger partial charge is 0.163 e. The third-order valence-electron chi connectivity index (χ3n) is 3.15. The first-order valence-corrected chi connectivity index (χ1v) is 7.27. The minimum Gasteiger partial charge on any atom is -0.389 e. The highest BCUT2D eigenvalue weighted by atomic mass is 79.9. The topological polar surface area (TPSA) is 63.8 Å². The summed E-state index contributed by atoms with van der Waals surface area (Å²) in [6.07, 6.45) is 0. The van der Waals surface area contributed by atoms with E-state index in [0.717, 1.165) is 32.5 Å². The first-order valence-electron chi connectivity index (χ1n) is 6.07. The van der Waals surface area contributed by atoms with Gasteiger partial charge in [-0.2, -0.15) is 5.10 Å². The highest BCUT2D eigenvalue weighted by Gasteiger charge is 2.14. The second kappa shape index (κ2) is 5.85. The monoisotopic (exact) mass is 350 g/mol. The Kier molecular flexibility index (Phi) is 4.35. The fourth-order valence-corrected chi connectivity index (χ4v) is 2.48. The summed E-state index contributed by atoms with van der Waals surface area (Å²) in [5.41, 5.74) is 10.4. The highest BCUT2D eigenvalue weighted by Crippen LogP contribution is 2.30. The number of nitrogens with two attached hydrogens (primary N) is 1. The Morgan fingerprint density at radius 2 is 1.95 bits per heavy atom. The predicted molar refractivity (Wildman–Crippen MR) is 89.6 cm³/mol. The Morgan fingerprint density at radius 1 is 1.25 bits per heavy atom. The quantitative estimate of drug-likeness (QED) is 0.828. The normalized spacial score (nSPS) is 10.4. The standard InChI is InChI=1S/C14H15BrN4S/c1-7-5-4-6-10(12(7)15)17-14-11(13(16)20)8(2)9(3)18-19-14/h4-6H,1-3H3,(H2,16,20)(H,17,19). The van der Waals surface area contributed by atoms with Crippen LogP contribution in [0, 0.1) is 20.8 Å². The van der Waals surface area contributed by atoms with Crippen molar-refractivity contribution in [2.45, 2.75) is 20.8 Å². The lowest BCUT2D eigenvalue weighted by Crippen LogP contribution is -2.17. The van der Waals surface area contributed by atoms with Crippen LogP contribution in [-0.2, 0) is 0 Å². The number of halogens is 1. The number of nitrogens with one attached hydrogen (secondary N) is 1. The van der Waals surface area contributed by atoms with Crippen LogP contribution in [0.25, 0.3) is 0 Å². The van der Waals surface area contributed by atoms with Gasteiger partial charge in [0.2, 0.25) is 0 Å². The zero-order chi connectivity index (χ0) is 14.9. The van der Waals surface area contributed by atoms with Gasteiger partial charge in [0.15, 0.2) is 5.82 Å². The van der Waals surface area contributed by atoms with Gasteiger partial charge in [-0.1, -0.05) is 24.4 Å². The van der Waals surface area contributed by atoms with E-state index in [1.165, 1.54) is 0 Å². The minimum absolute atomic E-state index is 0.312. The van der Waals surface area contributed by atoms with Crippen LogP contribution in [0.4, 0.5) is 11.5 Å². The second-order valence-electron chi connectivity index (χ2n) is 4.56. The Balaban J connectivity index is 2.52. The van der Waals surface area contributed by atoms with Crippen LogP contribution in [0.1, 0.15) is 22.4 Å². The molecule has 0 fully saturated rings. The molecule has 104 valence electrons. The van der Waals surface area contributed by atoms with Gasteiger partial charge in [0.05, 0.1) is 16.9 Å². The van der Waals surface area contributed by atoms with Crippen molar-refractivity contribution in [3.63, 3.8) is 0 Å². The lowest BCUT2D eigenvalue weighted by atomic mass is 10.1. The van der Waals surface area contributed by atoms with Crippen molar-refractivity contribution in [3.8, 4) is 0 Å². The van der Waals surface area contributed by atoms with Gasteiger partial charge in [0.1, 0.15) is 4.99 Å². The summed E-state index contributed by atoms with van der Waals surface area (Å²) in [7, 11) is 0. The van der Waals surface area contributed by atoms with Crippen molar-refractivity contribution in [2.24, 2.45) is 5.73 Å². The molecule has 0 aliphatic heterocycles. The van der Waals surface area contributed by atoms with E-state index < -0.39 is 0 Å². The van der Waals surface area contributed by atoms with Crippen LogP contribution in [0.5, 0.6) is 0 Å². The van der Waals surface area contributed by atoms with Crippen LogP contribution >= 0.6 is 28.1 Å². The summed E-state index contributed by atoms with van der Waals surface area (Å²) < 4.78 is 0.980. The van der Waals surface area contributed by atoms with Gasteiger partial charge >= 0.3 is 0 Å². The molecule has 0 radical (unpaired) electrons. The lowest BCUT2D eigenvalue weighted by molar-refractivity contribution is 0.963.